The van der Waals surface area contributed by atoms with Gasteiger partial charge in [-0.05, 0) is 18.8 Å². The quantitative estimate of drug-likeness (QED) is 0.0813. The Bertz CT molecular complexity index is 505. The molecule has 0 aliphatic heterocycles. The van der Waals surface area contributed by atoms with Gasteiger partial charge in [-0.15, -0.1) is 0 Å². The first-order valence-electron chi connectivity index (χ1n) is 16.0. The molecular formula is C32H62O5. The Morgan fingerprint density at radius 3 is 1.43 bits per heavy atom. The summed E-state index contributed by atoms with van der Waals surface area (Å²) in [4.78, 5) is 24.0. The Hall–Kier alpha value is -1.10. The minimum atomic E-state index is -0.760. The van der Waals surface area contributed by atoms with Gasteiger partial charge in [0.2, 0.25) is 0 Å². The lowest BCUT2D eigenvalue weighted by molar-refractivity contribution is -0.161. The van der Waals surface area contributed by atoms with E-state index in [1.165, 1.54) is 96.3 Å². The van der Waals surface area contributed by atoms with Gasteiger partial charge in [0.15, 0.2) is 6.10 Å². The van der Waals surface area contributed by atoms with Crippen molar-refractivity contribution >= 4 is 11.9 Å². The summed E-state index contributed by atoms with van der Waals surface area (Å²) in [6.45, 7) is 6.43. The van der Waals surface area contributed by atoms with Crippen LogP contribution in [-0.2, 0) is 19.1 Å². The van der Waals surface area contributed by atoms with Crippen LogP contribution in [0.1, 0.15) is 168 Å². The van der Waals surface area contributed by atoms with Gasteiger partial charge in [-0.1, -0.05) is 143 Å². The zero-order valence-corrected chi connectivity index (χ0v) is 24.9. The SMILES string of the molecule is CCCCCCCCCCCCCCC(=O)OC[C@H](CO)OC(=O)CCCCCCCCCCC(C)C. The first-order chi connectivity index (χ1) is 18.0. The molecular weight excluding hydrogens is 464 g/mol. The Morgan fingerprint density at radius 1 is 0.595 bits per heavy atom. The van der Waals surface area contributed by atoms with E-state index in [0.29, 0.717) is 12.8 Å². The molecule has 5 heteroatoms. The molecule has 0 amide bonds. The van der Waals surface area contributed by atoms with E-state index < -0.39 is 6.10 Å². The second-order valence-corrected chi connectivity index (χ2v) is 11.4. The topological polar surface area (TPSA) is 72.8 Å². The maximum absolute atomic E-state index is 12.0. The number of aliphatic hydroxyl groups is 1. The van der Waals surface area contributed by atoms with Crippen molar-refractivity contribution in [3.05, 3.63) is 0 Å². The fraction of sp³-hybridized carbons (Fsp3) is 0.938. The predicted molar refractivity (Wildman–Crippen MR) is 155 cm³/mol. The summed E-state index contributed by atoms with van der Waals surface area (Å²) in [6, 6.07) is 0. The van der Waals surface area contributed by atoms with E-state index >= 15 is 0 Å². The normalized spacial score (nSPS) is 12.1. The molecule has 0 spiro atoms. The van der Waals surface area contributed by atoms with E-state index in [9.17, 15) is 14.7 Å². The molecule has 0 fully saturated rings. The Labute approximate surface area is 229 Å². The van der Waals surface area contributed by atoms with Crippen LogP contribution in [0.2, 0.25) is 0 Å². The van der Waals surface area contributed by atoms with Crippen molar-refractivity contribution in [2.24, 2.45) is 5.92 Å². The number of unbranched alkanes of at least 4 members (excludes halogenated alkanes) is 18. The van der Waals surface area contributed by atoms with Gasteiger partial charge in [0.05, 0.1) is 6.61 Å². The molecule has 0 aliphatic carbocycles. The lowest BCUT2D eigenvalue weighted by Gasteiger charge is -2.15. The molecule has 1 N–H and O–H groups in total. The summed E-state index contributed by atoms with van der Waals surface area (Å²) in [5.41, 5.74) is 0. The summed E-state index contributed by atoms with van der Waals surface area (Å²) in [5.74, 6) is 0.219. The van der Waals surface area contributed by atoms with Crippen LogP contribution in [0.15, 0.2) is 0 Å². The number of rotatable bonds is 28. The van der Waals surface area contributed by atoms with Crippen LogP contribution in [-0.4, -0.2) is 36.4 Å². The van der Waals surface area contributed by atoms with Crippen LogP contribution in [0.3, 0.4) is 0 Å². The van der Waals surface area contributed by atoms with Crippen LogP contribution in [0.4, 0.5) is 0 Å². The van der Waals surface area contributed by atoms with Crippen molar-refractivity contribution in [2.45, 2.75) is 175 Å². The van der Waals surface area contributed by atoms with Crippen LogP contribution >= 0.6 is 0 Å². The third kappa shape index (κ3) is 27.7. The lowest BCUT2D eigenvalue weighted by Crippen LogP contribution is -2.28. The molecule has 0 unspecified atom stereocenters. The fourth-order valence-corrected chi connectivity index (χ4v) is 4.62. The molecule has 0 aliphatic rings. The molecule has 0 rings (SSSR count). The second-order valence-electron chi connectivity index (χ2n) is 11.4. The molecule has 0 saturated carbocycles. The average Bonchev–Trinajstić information content (AvgIpc) is 2.88. The van der Waals surface area contributed by atoms with Crippen molar-refractivity contribution < 1.29 is 24.2 Å². The molecule has 5 nitrogen and oxygen atoms in total. The molecule has 220 valence electrons. The second kappa shape index (κ2) is 27.9. The highest BCUT2D eigenvalue weighted by atomic mass is 16.6. The number of esters is 2. The molecule has 1 atom stereocenters. The average molecular weight is 527 g/mol. The van der Waals surface area contributed by atoms with Gasteiger partial charge in [0.1, 0.15) is 6.61 Å². The van der Waals surface area contributed by atoms with Gasteiger partial charge in [0.25, 0.3) is 0 Å². The van der Waals surface area contributed by atoms with Crippen LogP contribution in [0.5, 0.6) is 0 Å². The van der Waals surface area contributed by atoms with E-state index in [1.807, 2.05) is 0 Å². The fourth-order valence-electron chi connectivity index (χ4n) is 4.62. The van der Waals surface area contributed by atoms with E-state index in [0.717, 1.165) is 44.4 Å². The zero-order chi connectivity index (χ0) is 27.4. The van der Waals surface area contributed by atoms with Gasteiger partial charge in [-0.2, -0.15) is 0 Å². The summed E-state index contributed by atoms with van der Waals surface area (Å²) >= 11 is 0. The minimum Gasteiger partial charge on any atom is -0.462 e. The molecule has 0 radical (unpaired) electrons. The smallest absolute Gasteiger partial charge is 0.306 e. The number of aliphatic hydroxyl groups excluding tert-OH is 1. The number of ether oxygens (including phenoxy) is 2. The van der Waals surface area contributed by atoms with Gasteiger partial charge in [-0.25, -0.2) is 0 Å². The number of hydrogen-bond donors (Lipinski definition) is 1. The highest BCUT2D eigenvalue weighted by Gasteiger charge is 2.16. The van der Waals surface area contributed by atoms with Crippen LogP contribution in [0, 0.1) is 5.92 Å². The highest BCUT2D eigenvalue weighted by Crippen LogP contribution is 2.14. The Kier molecular flexibility index (Phi) is 27.1. The van der Waals surface area contributed by atoms with Crippen molar-refractivity contribution in [1.82, 2.24) is 0 Å². The van der Waals surface area contributed by atoms with Crippen molar-refractivity contribution in [3.63, 3.8) is 0 Å². The first kappa shape index (κ1) is 35.9. The largest absolute Gasteiger partial charge is 0.462 e. The maximum atomic E-state index is 12.0. The molecule has 0 bridgehead atoms. The van der Waals surface area contributed by atoms with Gasteiger partial charge < -0.3 is 14.6 Å². The summed E-state index contributed by atoms with van der Waals surface area (Å²) in [5, 5.41) is 9.47. The summed E-state index contributed by atoms with van der Waals surface area (Å²) in [7, 11) is 0. The summed E-state index contributed by atoms with van der Waals surface area (Å²) in [6.07, 6.45) is 25.8. The van der Waals surface area contributed by atoms with Crippen molar-refractivity contribution in [1.29, 1.82) is 0 Å². The standard InChI is InChI=1S/C32H62O5/c1-4-5-6-7-8-9-10-11-12-16-19-22-25-31(34)36-28-30(27-33)37-32(35)26-23-20-17-14-13-15-18-21-24-29(2)3/h29-30,33H,4-28H2,1-3H3/t30-/m0/s1. The summed E-state index contributed by atoms with van der Waals surface area (Å²) < 4.78 is 10.5. The molecule has 0 aromatic carbocycles. The van der Waals surface area contributed by atoms with Gasteiger partial charge >= 0.3 is 11.9 Å². The third-order valence-electron chi connectivity index (χ3n) is 7.08. The van der Waals surface area contributed by atoms with Gasteiger partial charge in [-0.3, -0.25) is 9.59 Å². The molecule has 0 aromatic heterocycles. The predicted octanol–water partition coefficient (Wildman–Crippen LogP) is 9.08. The Balaban J connectivity index is 3.57. The molecule has 0 saturated heterocycles. The molecule has 37 heavy (non-hydrogen) atoms. The van der Waals surface area contributed by atoms with E-state index in [4.69, 9.17) is 9.47 Å². The minimum absolute atomic E-state index is 0.0594. The van der Waals surface area contributed by atoms with Crippen molar-refractivity contribution in [2.75, 3.05) is 13.2 Å². The number of carbonyl (C=O) groups is 2. The van der Waals surface area contributed by atoms with E-state index in [-0.39, 0.29) is 25.2 Å². The lowest BCUT2D eigenvalue weighted by atomic mass is 10.0. The maximum Gasteiger partial charge on any atom is 0.306 e. The van der Waals surface area contributed by atoms with Crippen LogP contribution < -0.4 is 0 Å². The number of hydrogen-bond acceptors (Lipinski definition) is 5. The molecule has 0 aromatic rings. The van der Waals surface area contributed by atoms with Crippen LogP contribution in [0.25, 0.3) is 0 Å². The monoisotopic (exact) mass is 526 g/mol. The van der Waals surface area contributed by atoms with E-state index in [1.54, 1.807) is 0 Å². The molecule has 0 heterocycles. The Morgan fingerprint density at radius 2 is 1.00 bits per heavy atom. The number of carbonyl (C=O) groups excluding carboxylic acids is 2. The highest BCUT2D eigenvalue weighted by molar-refractivity contribution is 5.70. The third-order valence-corrected chi connectivity index (χ3v) is 7.08. The zero-order valence-electron chi connectivity index (χ0n) is 24.9. The van der Waals surface area contributed by atoms with E-state index in [2.05, 4.69) is 20.8 Å². The first-order valence-corrected chi connectivity index (χ1v) is 16.0. The van der Waals surface area contributed by atoms with Gasteiger partial charge in [0, 0.05) is 12.8 Å². The van der Waals surface area contributed by atoms with Crippen molar-refractivity contribution in [3.8, 4) is 0 Å².